The molecule has 7 nitrogen and oxygen atoms in total. The van der Waals surface area contributed by atoms with Gasteiger partial charge in [-0.15, -0.1) is 0 Å². The van der Waals surface area contributed by atoms with Crippen molar-refractivity contribution in [1.82, 2.24) is 20.1 Å². The quantitative estimate of drug-likeness (QED) is 0.498. The number of hydrogen-bond donors (Lipinski definition) is 2. The summed E-state index contributed by atoms with van der Waals surface area (Å²) in [6, 6.07) is 11.8. The van der Waals surface area contributed by atoms with Gasteiger partial charge < -0.3 is 20.4 Å². The Morgan fingerprint density at radius 1 is 1.18 bits per heavy atom. The summed E-state index contributed by atoms with van der Waals surface area (Å²) < 4.78 is 0. The molecule has 1 heterocycles. The average molecular weight is 464 g/mol. The summed E-state index contributed by atoms with van der Waals surface area (Å²) in [5.74, 6) is 1.13. The van der Waals surface area contributed by atoms with Gasteiger partial charge >= 0.3 is 0 Å². The number of aryl methyl sites for hydroxylation is 1. The fourth-order valence-electron chi connectivity index (χ4n) is 3.66. The molecule has 1 atom stereocenters. The van der Waals surface area contributed by atoms with Gasteiger partial charge in [-0.25, -0.2) is 4.98 Å². The Bertz CT molecular complexity index is 1030. The van der Waals surface area contributed by atoms with Gasteiger partial charge in [0.1, 0.15) is 11.9 Å². The van der Waals surface area contributed by atoms with E-state index in [9.17, 15) is 9.59 Å². The summed E-state index contributed by atoms with van der Waals surface area (Å²) in [4.78, 5) is 33.0. The topological polar surface area (TPSA) is 77.6 Å². The number of hydrogen-bond acceptors (Lipinski definition) is 5. The van der Waals surface area contributed by atoms with Crippen molar-refractivity contribution in [3.8, 4) is 0 Å². The third kappa shape index (κ3) is 7.42. The molecule has 0 spiro atoms. The number of benzene rings is 1. The van der Waals surface area contributed by atoms with Crippen LogP contribution in [0.15, 0.2) is 48.6 Å². The van der Waals surface area contributed by atoms with Gasteiger partial charge in [-0.3, -0.25) is 9.59 Å². The summed E-state index contributed by atoms with van der Waals surface area (Å²) in [5.41, 5.74) is 4.55. The van der Waals surface area contributed by atoms with E-state index in [-0.39, 0.29) is 11.8 Å². The minimum Gasteiger partial charge on any atom is -0.354 e. The van der Waals surface area contributed by atoms with Gasteiger partial charge in [0.15, 0.2) is 0 Å². The molecule has 3 rings (SSSR count). The SMILES string of the molecule is Cc1ccc(Nc2cccc(CCNC(=O)[C@H](C)N(C)C(=O)/C=C/CN(C)C)c2)nc1C1CC1. The highest BCUT2D eigenvalue weighted by molar-refractivity contribution is 5.92. The summed E-state index contributed by atoms with van der Waals surface area (Å²) in [6.07, 6.45) is 6.47. The maximum absolute atomic E-state index is 12.5. The molecule has 2 amide bonds. The first-order chi connectivity index (χ1) is 16.2. The van der Waals surface area contributed by atoms with E-state index in [1.165, 1.54) is 35.1 Å². The van der Waals surface area contributed by atoms with Crippen molar-refractivity contribution in [1.29, 1.82) is 0 Å². The van der Waals surface area contributed by atoms with E-state index in [2.05, 4.69) is 29.7 Å². The average Bonchev–Trinajstić information content (AvgIpc) is 3.64. The van der Waals surface area contributed by atoms with Gasteiger partial charge in [0.25, 0.3) is 0 Å². The Morgan fingerprint density at radius 2 is 1.94 bits per heavy atom. The third-order valence-corrected chi connectivity index (χ3v) is 6.05. The lowest BCUT2D eigenvalue weighted by atomic mass is 10.1. The van der Waals surface area contributed by atoms with Crippen molar-refractivity contribution in [2.45, 2.75) is 45.1 Å². The fourth-order valence-corrected chi connectivity index (χ4v) is 3.66. The van der Waals surface area contributed by atoms with E-state index in [0.717, 1.165) is 17.1 Å². The predicted octanol–water partition coefficient (Wildman–Crippen LogP) is 3.63. The van der Waals surface area contributed by atoms with Gasteiger partial charge in [-0.2, -0.15) is 0 Å². The molecule has 0 bridgehead atoms. The zero-order valence-electron chi connectivity index (χ0n) is 21.0. The minimum atomic E-state index is -0.544. The number of likely N-dealkylation sites (N-methyl/N-ethyl adjacent to an activating group) is 2. The number of anilines is 2. The molecule has 1 fully saturated rings. The van der Waals surface area contributed by atoms with E-state index in [1.54, 1.807) is 20.0 Å². The molecule has 0 radical (unpaired) electrons. The molecule has 1 aromatic carbocycles. The number of carbonyl (C=O) groups is 2. The molecule has 7 heteroatoms. The lowest BCUT2D eigenvalue weighted by Crippen LogP contribution is -2.45. The molecule has 2 aromatic rings. The van der Waals surface area contributed by atoms with Gasteiger partial charge in [0, 0.05) is 43.5 Å². The number of aromatic nitrogens is 1. The van der Waals surface area contributed by atoms with Gasteiger partial charge in [0.05, 0.1) is 0 Å². The van der Waals surface area contributed by atoms with Crippen LogP contribution < -0.4 is 10.6 Å². The number of rotatable bonds is 11. The largest absolute Gasteiger partial charge is 0.354 e. The van der Waals surface area contributed by atoms with Crippen molar-refractivity contribution in [3.63, 3.8) is 0 Å². The third-order valence-electron chi connectivity index (χ3n) is 6.05. The van der Waals surface area contributed by atoms with E-state index in [1.807, 2.05) is 43.3 Å². The van der Waals surface area contributed by atoms with Crippen molar-refractivity contribution >= 4 is 23.3 Å². The van der Waals surface area contributed by atoms with Crippen LogP contribution in [0.1, 0.15) is 42.5 Å². The van der Waals surface area contributed by atoms with Crippen molar-refractivity contribution in [2.75, 3.05) is 39.5 Å². The van der Waals surface area contributed by atoms with Gasteiger partial charge in [-0.1, -0.05) is 24.3 Å². The van der Waals surface area contributed by atoms with Crippen LogP contribution in [0, 0.1) is 6.92 Å². The number of nitrogens with zero attached hydrogens (tertiary/aromatic N) is 3. The number of pyridine rings is 1. The molecule has 1 saturated carbocycles. The van der Waals surface area contributed by atoms with Crippen LogP contribution in [0.2, 0.25) is 0 Å². The van der Waals surface area contributed by atoms with E-state index < -0.39 is 6.04 Å². The van der Waals surface area contributed by atoms with E-state index in [4.69, 9.17) is 4.98 Å². The van der Waals surface area contributed by atoms with E-state index in [0.29, 0.717) is 25.4 Å². The molecule has 0 unspecified atom stereocenters. The normalized spacial score (nSPS) is 14.3. The second kappa shape index (κ2) is 11.8. The molecule has 182 valence electrons. The molecule has 1 aliphatic carbocycles. The Kier molecular flexibility index (Phi) is 8.82. The lowest BCUT2D eigenvalue weighted by molar-refractivity contribution is -0.135. The van der Waals surface area contributed by atoms with Crippen molar-refractivity contribution in [2.24, 2.45) is 0 Å². The zero-order chi connectivity index (χ0) is 24.7. The molecule has 1 aliphatic rings. The molecular weight excluding hydrogens is 426 g/mol. The molecule has 0 aliphatic heterocycles. The molecular formula is C27H37N5O2. The monoisotopic (exact) mass is 463 g/mol. The minimum absolute atomic E-state index is 0.164. The molecule has 2 N–H and O–H groups in total. The number of carbonyl (C=O) groups excluding carboxylic acids is 2. The highest BCUT2D eigenvalue weighted by Crippen LogP contribution is 2.41. The standard InChI is InChI=1S/C27H37N5O2/c1-19-11-14-24(30-26(19)22-12-13-22)29-23-9-6-8-21(18-23)15-16-28-27(34)20(2)32(5)25(33)10-7-17-31(3)4/h6-11,14,18,20,22H,12-13,15-17H2,1-5H3,(H,28,34)(H,29,30)/b10-7+/t20-/m0/s1. The number of nitrogens with one attached hydrogen (secondary N) is 2. The first-order valence-corrected chi connectivity index (χ1v) is 11.9. The predicted molar refractivity (Wildman–Crippen MR) is 137 cm³/mol. The summed E-state index contributed by atoms with van der Waals surface area (Å²) in [5, 5.41) is 6.36. The van der Waals surface area contributed by atoms with Crippen LogP contribution >= 0.6 is 0 Å². The Morgan fingerprint density at radius 3 is 2.65 bits per heavy atom. The smallest absolute Gasteiger partial charge is 0.246 e. The zero-order valence-corrected chi connectivity index (χ0v) is 21.0. The highest BCUT2D eigenvalue weighted by atomic mass is 16.2. The van der Waals surface area contributed by atoms with Gasteiger partial charge in [-0.05, 0) is 76.5 Å². The highest BCUT2D eigenvalue weighted by Gasteiger charge is 2.26. The van der Waals surface area contributed by atoms with Crippen LogP contribution in [-0.4, -0.2) is 66.9 Å². The Labute approximate surface area is 203 Å². The van der Waals surface area contributed by atoms with Crippen LogP contribution in [0.5, 0.6) is 0 Å². The first kappa shape index (κ1) is 25.4. The van der Waals surface area contributed by atoms with Crippen LogP contribution in [0.25, 0.3) is 0 Å². The summed E-state index contributed by atoms with van der Waals surface area (Å²) >= 11 is 0. The first-order valence-electron chi connectivity index (χ1n) is 11.9. The Balaban J connectivity index is 1.49. The molecule has 1 aromatic heterocycles. The van der Waals surface area contributed by atoms with Crippen LogP contribution in [-0.2, 0) is 16.0 Å². The fraction of sp³-hybridized carbons (Fsp3) is 0.444. The second-order valence-electron chi connectivity index (χ2n) is 9.33. The lowest BCUT2D eigenvalue weighted by Gasteiger charge is -2.23. The van der Waals surface area contributed by atoms with Crippen LogP contribution in [0.4, 0.5) is 11.5 Å². The maximum Gasteiger partial charge on any atom is 0.246 e. The van der Waals surface area contributed by atoms with E-state index >= 15 is 0 Å². The van der Waals surface area contributed by atoms with Crippen molar-refractivity contribution in [3.05, 3.63) is 65.4 Å². The summed E-state index contributed by atoms with van der Waals surface area (Å²) in [6.45, 7) is 5.03. The van der Waals surface area contributed by atoms with Crippen LogP contribution in [0.3, 0.4) is 0 Å². The molecule has 34 heavy (non-hydrogen) atoms. The Hall–Kier alpha value is -3.19. The van der Waals surface area contributed by atoms with Crippen molar-refractivity contribution < 1.29 is 9.59 Å². The second-order valence-corrected chi connectivity index (χ2v) is 9.33. The molecule has 0 saturated heterocycles. The van der Waals surface area contributed by atoms with Gasteiger partial charge in [0.2, 0.25) is 11.8 Å². The maximum atomic E-state index is 12.5. The summed E-state index contributed by atoms with van der Waals surface area (Å²) in [7, 11) is 5.52. The number of amides is 2.